The molecule has 0 radical (unpaired) electrons. The molecular weight excluding hydrogens is 264 g/mol. The molecule has 1 amide bonds. The van der Waals surface area contributed by atoms with Gasteiger partial charge in [-0.15, -0.1) is 6.58 Å². The van der Waals surface area contributed by atoms with E-state index in [2.05, 4.69) is 11.7 Å². The molecule has 4 heteroatoms. The molecule has 0 bridgehead atoms. The maximum atomic E-state index is 12.2. The molecule has 1 aromatic rings. The van der Waals surface area contributed by atoms with E-state index in [0.717, 1.165) is 17.7 Å². The summed E-state index contributed by atoms with van der Waals surface area (Å²) < 4.78 is 0. The zero-order valence-electron chi connectivity index (χ0n) is 12.7. The number of rotatable bonds is 6. The monoisotopic (exact) mass is 286 g/mol. The van der Waals surface area contributed by atoms with E-state index in [1.165, 1.54) is 0 Å². The van der Waals surface area contributed by atoms with E-state index < -0.39 is 0 Å². The Balaban J connectivity index is 1.96. The summed E-state index contributed by atoms with van der Waals surface area (Å²) in [5, 5.41) is 4.16. The number of hydrogen-bond acceptors (Lipinski definition) is 3. The first-order chi connectivity index (χ1) is 10.1. The molecule has 112 valence electrons. The highest BCUT2D eigenvalue weighted by atomic mass is 16.6. The number of amides is 1. The fraction of sp³-hybridized carbons (Fsp3) is 0.412. The van der Waals surface area contributed by atoms with Gasteiger partial charge in [0.2, 0.25) is 5.91 Å². The summed E-state index contributed by atoms with van der Waals surface area (Å²) in [6, 6.07) is 9.98. The minimum absolute atomic E-state index is 0.0270. The van der Waals surface area contributed by atoms with E-state index in [4.69, 9.17) is 4.84 Å². The van der Waals surface area contributed by atoms with Crippen LogP contribution in [0.5, 0.6) is 0 Å². The average molecular weight is 286 g/mol. The van der Waals surface area contributed by atoms with Crippen molar-refractivity contribution in [2.45, 2.75) is 26.4 Å². The normalized spacial score (nSPS) is 17.3. The van der Waals surface area contributed by atoms with Gasteiger partial charge in [-0.2, -0.15) is 0 Å². The van der Waals surface area contributed by atoms with Gasteiger partial charge in [0.1, 0.15) is 0 Å². The Hall–Kier alpha value is -2.10. The molecule has 4 nitrogen and oxygen atoms in total. The molecule has 0 aliphatic carbocycles. The van der Waals surface area contributed by atoms with Crippen LogP contribution < -0.4 is 0 Å². The average Bonchev–Trinajstić information content (AvgIpc) is 2.95. The van der Waals surface area contributed by atoms with Gasteiger partial charge in [0, 0.05) is 18.9 Å². The van der Waals surface area contributed by atoms with Crippen molar-refractivity contribution in [3.8, 4) is 0 Å². The minimum Gasteiger partial charge on any atom is -0.390 e. The standard InChI is InChI=1S/C17H22N2O2/c1-4-10-19(17(20)13(2)3)12-15-11-16(18-21-15)14-8-6-5-7-9-14/h4-9,13,15H,1,10-12H2,2-3H3/t15-/m1/s1. The van der Waals surface area contributed by atoms with Gasteiger partial charge in [-0.1, -0.05) is 55.4 Å². The molecule has 1 atom stereocenters. The molecule has 1 heterocycles. The summed E-state index contributed by atoms with van der Waals surface area (Å²) in [4.78, 5) is 19.4. The molecule has 0 aromatic heterocycles. The number of carbonyl (C=O) groups is 1. The Morgan fingerprint density at radius 3 is 2.81 bits per heavy atom. The van der Waals surface area contributed by atoms with Gasteiger partial charge in [0.25, 0.3) is 0 Å². The van der Waals surface area contributed by atoms with Gasteiger partial charge >= 0.3 is 0 Å². The molecule has 1 aliphatic rings. The van der Waals surface area contributed by atoms with Crippen LogP contribution in [0.2, 0.25) is 0 Å². The number of benzene rings is 1. The van der Waals surface area contributed by atoms with Crippen LogP contribution in [0, 0.1) is 5.92 Å². The van der Waals surface area contributed by atoms with Crippen LogP contribution in [0.1, 0.15) is 25.8 Å². The second-order valence-electron chi connectivity index (χ2n) is 5.52. The largest absolute Gasteiger partial charge is 0.390 e. The Morgan fingerprint density at radius 2 is 2.19 bits per heavy atom. The maximum absolute atomic E-state index is 12.2. The molecule has 0 saturated carbocycles. The van der Waals surface area contributed by atoms with Gasteiger partial charge in [-0.3, -0.25) is 4.79 Å². The fourth-order valence-corrected chi connectivity index (χ4v) is 2.35. The Labute approximate surface area is 126 Å². The summed E-state index contributed by atoms with van der Waals surface area (Å²) in [7, 11) is 0. The van der Waals surface area contributed by atoms with Crippen LogP contribution >= 0.6 is 0 Å². The van der Waals surface area contributed by atoms with Gasteiger partial charge in [-0.25, -0.2) is 0 Å². The summed E-state index contributed by atoms with van der Waals surface area (Å²) in [6.45, 7) is 8.60. The molecular formula is C17H22N2O2. The van der Waals surface area contributed by atoms with E-state index in [0.29, 0.717) is 13.1 Å². The van der Waals surface area contributed by atoms with Crippen LogP contribution in [0.25, 0.3) is 0 Å². The Kier molecular flexibility index (Phi) is 5.14. The first-order valence-electron chi connectivity index (χ1n) is 7.29. The number of hydrogen-bond donors (Lipinski definition) is 0. The second kappa shape index (κ2) is 7.07. The van der Waals surface area contributed by atoms with Crippen LogP contribution in [-0.2, 0) is 9.63 Å². The number of carbonyl (C=O) groups excluding carboxylic acids is 1. The lowest BCUT2D eigenvalue weighted by molar-refractivity contribution is -0.135. The third kappa shape index (κ3) is 3.94. The molecule has 0 unspecified atom stereocenters. The molecule has 1 aliphatic heterocycles. The molecule has 0 fully saturated rings. The Bertz CT molecular complexity index is 523. The lowest BCUT2D eigenvalue weighted by Gasteiger charge is -2.25. The minimum atomic E-state index is -0.0807. The van der Waals surface area contributed by atoms with E-state index in [9.17, 15) is 4.79 Å². The van der Waals surface area contributed by atoms with E-state index in [-0.39, 0.29) is 17.9 Å². The van der Waals surface area contributed by atoms with Crippen molar-refractivity contribution < 1.29 is 9.63 Å². The predicted molar refractivity (Wildman–Crippen MR) is 84.1 cm³/mol. The van der Waals surface area contributed by atoms with Crippen molar-refractivity contribution in [1.29, 1.82) is 0 Å². The Morgan fingerprint density at radius 1 is 1.48 bits per heavy atom. The number of oxime groups is 1. The van der Waals surface area contributed by atoms with Crippen molar-refractivity contribution in [3.05, 3.63) is 48.6 Å². The highest BCUT2D eigenvalue weighted by Gasteiger charge is 2.26. The van der Waals surface area contributed by atoms with Crippen LogP contribution in [0.4, 0.5) is 0 Å². The van der Waals surface area contributed by atoms with Crippen LogP contribution in [0.3, 0.4) is 0 Å². The van der Waals surface area contributed by atoms with Crippen molar-refractivity contribution in [2.75, 3.05) is 13.1 Å². The second-order valence-corrected chi connectivity index (χ2v) is 5.52. The smallest absolute Gasteiger partial charge is 0.225 e. The van der Waals surface area contributed by atoms with Crippen molar-refractivity contribution in [2.24, 2.45) is 11.1 Å². The third-order valence-electron chi connectivity index (χ3n) is 3.42. The van der Waals surface area contributed by atoms with E-state index >= 15 is 0 Å². The first kappa shape index (κ1) is 15.3. The van der Waals surface area contributed by atoms with Gasteiger partial charge < -0.3 is 9.74 Å². The zero-order chi connectivity index (χ0) is 15.2. The summed E-state index contributed by atoms with van der Waals surface area (Å²) in [5.74, 6) is 0.0903. The van der Waals surface area contributed by atoms with Crippen LogP contribution in [-0.4, -0.2) is 35.7 Å². The number of nitrogens with zero attached hydrogens (tertiary/aromatic N) is 2. The van der Waals surface area contributed by atoms with Gasteiger partial charge in [0.05, 0.1) is 12.3 Å². The third-order valence-corrected chi connectivity index (χ3v) is 3.42. The highest BCUT2D eigenvalue weighted by molar-refractivity contribution is 6.01. The molecule has 1 aromatic carbocycles. The molecule has 0 N–H and O–H groups in total. The SMILES string of the molecule is C=CCN(C[C@H]1CC(c2ccccc2)=NO1)C(=O)C(C)C. The molecule has 0 saturated heterocycles. The quantitative estimate of drug-likeness (QED) is 0.755. The first-order valence-corrected chi connectivity index (χ1v) is 7.29. The molecule has 21 heavy (non-hydrogen) atoms. The summed E-state index contributed by atoms with van der Waals surface area (Å²) >= 11 is 0. The molecule has 2 rings (SSSR count). The lowest BCUT2D eigenvalue weighted by atomic mass is 10.0. The maximum Gasteiger partial charge on any atom is 0.225 e. The lowest BCUT2D eigenvalue weighted by Crippen LogP contribution is -2.40. The van der Waals surface area contributed by atoms with Gasteiger partial charge in [-0.05, 0) is 5.56 Å². The van der Waals surface area contributed by atoms with Crippen molar-refractivity contribution in [1.82, 2.24) is 4.90 Å². The van der Waals surface area contributed by atoms with E-state index in [1.807, 2.05) is 44.2 Å². The summed E-state index contributed by atoms with van der Waals surface area (Å²) in [5.41, 5.74) is 2.02. The highest BCUT2D eigenvalue weighted by Crippen LogP contribution is 2.18. The zero-order valence-corrected chi connectivity index (χ0v) is 12.7. The topological polar surface area (TPSA) is 41.9 Å². The van der Waals surface area contributed by atoms with E-state index in [1.54, 1.807) is 11.0 Å². The van der Waals surface area contributed by atoms with Crippen molar-refractivity contribution in [3.63, 3.8) is 0 Å². The van der Waals surface area contributed by atoms with Crippen LogP contribution in [0.15, 0.2) is 48.1 Å². The molecule has 0 spiro atoms. The van der Waals surface area contributed by atoms with Crippen molar-refractivity contribution >= 4 is 11.6 Å². The predicted octanol–water partition coefficient (Wildman–Crippen LogP) is 2.85. The summed E-state index contributed by atoms with van der Waals surface area (Å²) in [6.07, 6.45) is 2.39. The van der Waals surface area contributed by atoms with Gasteiger partial charge in [0.15, 0.2) is 6.10 Å². The fourth-order valence-electron chi connectivity index (χ4n) is 2.35.